The number of hydrogen-bond acceptors (Lipinski definition) is 3. The summed E-state index contributed by atoms with van der Waals surface area (Å²) in [5, 5.41) is 2.77. The van der Waals surface area contributed by atoms with Gasteiger partial charge in [0.25, 0.3) is 5.91 Å². The highest BCUT2D eigenvalue weighted by Gasteiger charge is 2.26. The Morgan fingerprint density at radius 1 is 0.969 bits per heavy atom. The van der Waals surface area contributed by atoms with Gasteiger partial charge in [-0.15, -0.1) is 0 Å². The summed E-state index contributed by atoms with van der Waals surface area (Å²) in [4.78, 5) is 17.0. The molecule has 4 rings (SSSR count). The van der Waals surface area contributed by atoms with Gasteiger partial charge in [0, 0.05) is 39.4 Å². The van der Waals surface area contributed by atoms with Gasteiger partial charge in [-0.05, 0) is 47.4 Å². The van der Waals surface area contributed by atoms with Crippen LogP contribution in [0.15, 0.2) is 66.7 Å². The molecule has 0 aromatic heterocycles. The standard InChI is InChI=1S/C26H27F2N3O/c1-30(2)21-12-10-19(11-13-21)24(31-15-14-18-6-3-4-7-20(18)17-31)16-29-26(32)25-22(27)8-5-9-23(25)28/h3-13,24H,14-17H2,1-2H3,(H,29,32)/t24-/m1/s1. The zero-order valence-electron chi connectivity index (χ0n) is 18.3. The lowest BCUT2D eigenvalue weighted by Gasteiger charge is -2.36. The van der Waals surface area contributed by atoms with E-state index in [2.05, 4.69) is 40.5 Å². The predicted molar refractivity (Wildman–Crippen MR) is 123 cm³/mol. The van der Waals surface area contributed by atoms with Gasteiger partial charge in [0.15, 0.2) is 0 Å². The lowest BCUT2D eigenvalue weighted by atomic mass is 9.96. The molecule has 0 spiro atoms. The molecule has 0 saturated carbocycles. The van der Waals surface area contributed by atoms with Crippen LogP contribution in [0.1, 0.15) is 33.1 Å². The van der Waals surface area contributed by atoms with Crippen LogP contribution in [-0.2, 0) is 13.0 Å². The molecule has 166 valence electrons. The number of fused-ring (bicyclic) bond motifs is 1. The topological polar surface area (TPSA) is 35.6 Å². The average Bonchev–Trinajstić information content (AvgIpc) is 2.79. The monoisotopic (exact) mass is 435 g/mol. The van der Waals surface area contributed by atoms with Gasteiger partial charge < -0.3 is 10.2 Å². The fraction of sp³-hybridized carbons (Fsp3) is 0.269. The third kappa shape index (κ3) is 4.65. The Hall–Kier alpha value is -3.25. The molecule has 0 saturated heterocycles. The van der Waals surface area contributed by atoms with E-state index in [0.717, 1.165) is 42.9 Å². The van der Waals surface area contributed by atoms with Gasteiger partial charge in [0.1, 0.15) is 17.2 Å². The van der Waals surface area contributed by atoms with Crippen LogP contribution >= 0.6 is 0 Å². The summed E-state index contributed by atoms with van der Waals surface area (Å²) in [6, 6.07) is 19.9. The molecular weight excluding hydrogens is 408 g/mol. The second-order valence-corrected chi connectivity index (χ2v) is 8.30. The summed E-state index contributed by atoms with van der Waals surface area (Å²) >= 11 is 0. The first-order valence-corrected chi connectivity index (χ1v) is 10.7. The van der Waals surface area contributed by atoms with Crippen molar-refractivity contribution in [2.75, 3.05) is 32.1 Å². The van der Waals surface area contributed by atoms with Crippen LogP contribution in [0.25, 0.3) is 0 Å². The van der Waals surface area contributed by atoms with Gasteiger partial charge in [-0.3, -0.25) is 9.69 Å². The Labute approximate surface area is 187 Å². The summed E-state index contributed by atoms with van der Waals surface area (Å²) in [6.07, 6.45) is 0.915. The Morgan fingerprint density at radius 2 is 1.62 bits per heavy atom. The average molecular weight is 436 g/mol. The molecule has 1 heterocycles. The van der Waals surface area contributed by atoms with Gasteiger partial charge in [-0.1, -0.05) is 42.5 Å². The molecule has 3 aromatic carbocycles. The smallest absolute Gasteiger partial charge is 0.257 e. The van der Waals surface area contributed by atoms with Crippen molar-refractivity contribution < 1.29 is 13.6 Å². The van der Waals surface area contributed by atoms with E-state index in [1.807, 2.05) is 37.2 Å². The van der Waals surface area contributed by atoms with Crippen molar-refractivity contribution in [3.05, 3.63) is 101 Å². The van der Waals surface area contributed by atoms with E-state index >= 15 is 0 Å². The van der Waals surface area contributed by atoms with E-state index < -0.39 is 23.1 Å². The van der Waals surface area contributed by atoms with E-state index in [9.17, 15) is 13.6 Å². The highest BCUT2D eigenvalue weighted by Crippen LogP contribution is 2.29. The van der Waals surface area contributed by atoms with Crippen molar-refractivity contribution in [2.45, 2.75) is 19.0 Å². The van der Waals surface area contributed by atoms with E-state index in [1.165, 1.54) is 17.2 Å². The molecule has 6 heteroatoms. The Morgan fingerprint density at radius 3 is 2.28 bits per heavy atom. The van der Waals surface area contributed by atoms with Gasteiger partial charge in [-0.25, -0.2) is 8.78 Å². The quantitative estimate of drug-likeness (QED) is 0.617. The molecule has 32 heavy (non-hydrogen) atoms. The second-order valence-electron chi connectivity index (χ2n) is 8.30. The predicted octanol–water partition coefficient (Wildman–Crippen LogP) is 4.56. The van der Waals surface area contributed by atoms with Gasteiger partial charge in [0.2, 0.25) is 0 Å². The minimum Gasteiger partial charge on any atom is -0.378 e. The van der Waals surface area contributed by atoms with Crippen LogP contribution in [0.2, 0.25) is 0 Å². The van der Waals surface area contributed by atoms with E-state index in [-0.39, 0.29) is 12.6 Å². The summed E-state index contributed by atoms with van der Waals surface area (Å²) in [5.41, 5.74) is 4.18. The maximum atomic E-state index is 14.1. The van der Waals surface area contributed by atoms with Crippen LogP contribution in [0.3, 0.4) is 0 Å². The molecule has 1 aliphatic rings. The van der Waals surface area contributed by atoms with Crippen LogP contribution in [0.4, 0.5) is 14.5 Å². The molecule has 0 unspecified atom stereocenters. The van der Waals surface area contributed by atoms with E-state index in [1.54, 1.807) is 0 Å². The molecule has 0 radical (unpaired) electrons. The first-order chi connectivity index (χ1) is 15.4. The lowest BCUT2D eigenvalue weighted by Crippen LogP contribution is -2.41. The molecule has 0 fully saturated rings. The molecule has 3 aromatic rings. The number of halogens is 2. The molecule has 4 nitrogen and oxygen atoms in total. The number of amides is 1. The number of nitrogens with zero attached hydrogens (tertiary/aromatic N) is 2. The van der Waals surface area contributed by atoms with Crippen molar-refractivity contribution in [1.82, 2.24) is 10.2 Å². The second kappa shape index (κ2) is 9.49. The Kier molecular flexibility index (Phi) is 6.51. The van der Waals surface area contributed by atoms with E-state index in [4.69, 9.17) is 0 Å². The maximum Gasteiger partial charge on any atom is 0.257 e. The fourth-order valence-electron chi connectivity index (χ4n) is 4.23. The number of carbonyl (C=O) groups is 1. The highest BCUT2D eigenvalue weighted by molar-refractivity contribution is 5.94. The fourth-order valence-corrected chi connectivity index (χ4v) is 4.23. The summed E-state index contributed by atoms with van der Waals surface area (Å²) in [7, 11) is 3.97. The van der Waals surface area contributed by atoms with Crippen LogP contribution in [-0.4, -0.2) is 38.0 Å². The maximum absolute atomic E-state index is 14.1. The molecule has 0 aliphatic carbocycles. The minimum absolute atomic E-state index is 0.127. The van der Waals surface area contributed by atoms with Crippen LogP contribution in [0, 0.1) is 11.6 Å². The first-order valence-electron chi connectivity index (χ1n) is 10.7. The van der Waals surface area contributed by atoms with Gasteiger partial charge in [0.05, 0.1) is 6.04 Å². The summed E-state index contributed by atoms with van der Waals surface area (Å²) < 4.78 is 28.1. The van der Waals surface area contributed by atoms with Crippen molar-refractivity contribution in [1.29, 1.82) is 0 Å². The van der Waals surface area contributed by atoms with Crippen molar-refractivity contribution in [3.8, 4) is 0 Å². The van der Waals surface area contributed by atoms with Crippen molar-refractivity contribution in [3.63, 3.8) is 0 Å². The van der Waals surface area contributed by atoms with Crippen molar-refractivity contribution >= 4 is 11.6 Å². The number of benzene rings is 3. The van der Waals surface area contributed by atoms with Gasteiger partial charge in [-0.2, -0.15) is 0 Å². The first kappa shape index (κ1) is 22.0. The molecule has 1 N–H and O–H groups in total. The number of carbonyl (C=O) groups excluding carboxylic acids is 1. The SMILES string of the molecule is CN(C)c1ccc([C@@H](CNC(=O)c2c(F)cccc2F)N2CCc3ccccc3C2)cc1. The van der Waals surface area contributed by atoms with Crippen LogP contribution in [0.5, 0.6) is 0 Å². The number of hydrogen-bond donors (Lipinski definition) is 1. The highest BCUT2D eigenvalue weighted by atomic mass is 19.1. The molecule has 1 atom stereocenters. The number of rotatable bonds is 6. The molecule has 1 aliphatic heterocycles. The van der Waals surface area contributed by atoms with Crippen LogP contribution < -0.4 is 10.2 Å². The number of anilines is 1. The normalized spacial score (nSPS) is 14.5. The van der Waals surface area contributed by atoms with Gasteiger partial charge >= 0.3 is 0 Å². The molecular formula is C26H27F2N3O. The van der Waals surface area contributed by atoms with E-state index in [0.29, 0.717) is 0 Å². The number of nitrogens with one attached hydrogen (secondary N) is 1. The largest absolute Gasteiger partial charge is 0.378 e. The lowest BCUT2D eigenvalue weighted by molar-refractivity contribution is 0.0919. The van der Waals surface area contributed by atoms with Crippen molar-refractivity contribution in [2.24, 2.45) is 0 Å². The summed E-state index contributed by atoms with van der Waals surface area (Å²) in [5.74, 6) is -2.46. The molecule has 0 bridgehead atoms. The Balaban J connectivity index is 1.58. The third-order valence-corrected chi connectivity index (χ3v) is 6.04. The third-order valence-electron chi connectivity index (χ3n) is 6.04. The zero-order chi connectivity index (χ0) is 22.7. The molecule has 1 amide bonds. The minimum atomic E-state index is -0.860. The summed E-state index contributed by atoms with van der Waals surface area (Å²) in [6.45, 7) is 1.83. The Bertz CT molecular complexity index is 1080. The zero-order valence-corrected chi connectivity index (χ0v) is 18.3.